The first-order valence-corrected chi connectivity index (χ1v) is 7.16. The van der Waals surface area contributed by atoms with Crippen LogP contribution in [0.15, 0.2) is 17.3 Å². The fourth-order valence-corrected chi connectivity index (χ4v) is 2.48. The maximum Gasteiger partial charge on any atom is 0.325 e. The lowest BCUT2D eigenvalue weighted by molar-refractivity contribution is -0.141. The van der Waals surface area contributed by atoms with E-state index in [0.29, 0.717) is 0 Å². The number of aryl methyl sites for hydroxylation is 1. The van der Waals surface area contributed by atoms with E-state index in [1.165, 1.54) is 24.7 Å². The normalized spacial score (nSPS) is 14.6. The second kappa shape index (κ2) is 6.01. The minimum absolute atomic E-state index is 0.0778. The van der Waals surface area contributed by atoms with Crippen LogP contribution in [0.5, 0.6) is 0 Å². The molecule has 0 aromatic carbocycles. The third-order valence-corrected chi connectivity index (χ3v) is 3.94. The minimum Gasteiger partial charge on any atom is -0.480 e. The molecule has 0 fully saturated rings. The van der Waals surface area contributed by atoms with E-state index in [1.807, 2.05) is 0 Å². The third-order valence-electron chi connectivity index (χ3n) is 2.45. The van der Waals surface area contributed by atoms with Crippen LogP contribution in [0.4, 0.5) is 0 Å². The number of sulfonamides is 1. The highest BCUT2D eigenvalue weighted by Gasteiger charge is 2.25. The Bertz CT molecular complexity index is 609. The highest BCUT2D eigenvalue weighted by Crippen LogP contribution is 2.06. The molecule has 0 aliphatic rings. The Morgan fingerprint density at radius 3 is 2.40 bits per heavy atom. The van der Waals surface area contributed by atoms with Gasteiger partial charge < -0.3 is 10.4 Å². The lowest BCUT2D eigenvalue weighted by Gasteiger charge is -2.15. The lowest BCUT2D eigenvalue weighted by Crippen LogP contribution is -2.49. The van der Waals surface area contributed by atoms with Crippen LogP contribution < -0.4 is 10.0 Å². The van der Waals surface area contributed by atoms with Crippen LogP contribution in [0.25, 0.3) is 0 Å². The van der Waals surface area contributed by atoms with Gasteiger partial charge in [0.1, 0.15) is 10.9 Å². The topological polar surface area (TPSA) is 130 Å². The summed E-state index contributed by atoms with van der Waals surface area (Å²) in [6, 6.07) is -2.21. The molecule has 0 aliphatic carbocycles. The number of carbonyl (C=O) groups excluding carboxylic acids is 1. The van der Waals surface area contributed by atoms with Gasteiger partial charge in [0.05, 0.1) is 12.2 Å². The summed E-state index contributed by atoms with van der Waals surface area (Å²) in [5.41, 5.74) is 0. The first kappa shape index (κ1) is 16.1. The molecule has 1 rings (SSSR count). The van der Waals surface area contributed by atoms with Gasteiger partial charge in [-0.2, -0.15) is 9.82 Å². The van der Waals surface area contributed by atoms with Crippen molar-refractivity contribution >= 4 is 21.9 Å². The first-order valence-electron chi connectivity index (χ1n) is 5.67. The van der Waals surface area contributed by atoms with Crippen LogP contribution >= 0.6 is 0 Å². The largest absolute Gasteiger partial charge is 0.480 e. The molecule has 0 spiro atoms. The summed E-state index contributed by atoms with van der Waals surface area (Å²) < 4.78 is 27.3. The average Bonchev–Trinajstić information content (AvgIpc) is 2.75. The van der Waals surface area contributed by atoms with E-state index in [2.05, 4.69) is 15.1 Å². The number of aromatic nitrogens is 2. The molecule has 0 aliphatic heterocycles. The van der Waals surface area contributed by atoms with Crippen LogP contribution in [0.2, 0.25) is 0 Å². The zero-order chi connectivity index (χ0) is 15.5. The molecule has 1 amide bonds. The maximum absolute atomic E-state index is 11.9. The molecule has 0 bridgehead atoms. The van der Waals surface area contributed by atoms with E-state index >= 15 is 0 Å². The first-order chi connectivity index (χ1) is 9.13. The predicted octanol–water partition coefficient (Wildman–Crippen LogP) is -1.32. The lowest BCUT2D eigenvalue weighted by atomic mass is 10.3. The van der Waals surface area contributed by atoms with Crippen molar-refractivity contribution in [1.82, 2.24) is 19.8 Å². The SMILES string of the molecule is CC(NS(=O)(=O)c1cnn(C)c1)C(=O)N[C@H](C)C(=O)O. The number of aliphatic carboxylic acids is 1. The van der Waals surface area contributed by atoms with E-state index in [4.69, 9.17) is 5.11 Å². The predicted molar refractivity (Wildman–Crippen MR) is 68.2 cm³/mol. The highest BCUT2D eigenvalue weighted by molar-refractivity contribution is 7.89. The summed E-state index contributed by atoms with van der Waals surface area (Å²) >= 11 is 0. The summed E-state index contributed by atoms with van der Waals surface area (Å²) in [7, 11) is -2.32. The minimum atomic E-state index is -3.88. The van der Waals surface area contributed by atoms with E-state index in [1.54, 1.807) is 7.05 Å². The summed E-state index contributed by atoms with van der Waals surface area (Å²) in [6.45, 7) is 2.60. The van der Waals surface area contributed by atoms with E-state index < -0.39 is 34.0 Å². The number of rotatable bonds is 6. The van der Waals surface area contributed by atoms with Crippen molar-refractivity contribution < 1.29 is 23.1 Å². The van der Waals surface area contributed by atoms with Gasteiger partial charge in [-0.1, -0.05) is 0 Å². The Labute approximate surface area is 116 Å². The molecular formula is C10H16N4O5S. The molecule has 2 atom stereocenters. The fourth-order valence-electron chi connectivity index (χ4n) is 1.29. The number of hydrogen-bond donors (Lipinski definition) is 3. The Kier molecular flexibility index (Phi) is 4.84. The third kappa shape index (κ3) is 4.03. The van der Waals surface area contributed by atoms with Gasteiger partial charge >= 0.3 is 5.97 Å². The van der Waals surface area contributed by atoms with Crippen LogP contribution in [-0.4, -0.2) is 47.3 Å². The average molecular weight is 304 g/mol. The Morgan fingerprint density at radius 2 is 1.95 bits per heavy atom. The summed E-state index contributed by atoms with van der Waals surface area (Å²) in [4.78, 5) is 22.2. The van der Waals surface area contributed by atoms with Crippen LogP contribution in [0.3, 0.4) is 0 Å². The Balaban J connectivity index is 2.72. The maximum atomic E-state index is 11.9. The van der Waals surface area contributed by atoms with Crippen LogP contribution in [-0.2, 0) is 26.7 Å². The molecule has 9 nitrogen and oxygen atoms in total. The standard InChI is InChI=1S/C10H16N4O5S/c1-6(9(15)12-7(2)10(16)17)13-20(18,19)8-4-11-14(3)5-8/h4-7,13H,1-3H3,(H,12,15)(H,16,17)/t6?,7-/m1/s1. The van der Waals surface area contributed by atoms with Crippen molar-refractivity contribution in [2.75, 3.05) is 0 Å². The molecular weight excluding hydrogens is 288 g/mol. The van der Waals surface area contributed by atoms with Gasteiger partial charge in [-0.05, 0) is 13.8 Å². The second-order valence-corrected chi connectivity index (χ2v) is 5.98. The number of amides is 1. The highest BCUT2D eigenvalue weighted by atomic mass is 32.2. The van der Waals surface area contributed by atoms with Crippen LogP contribution in [0.1, 0.15) is 13.8 Å². The number of carboxylic acid groups (broad SMARTS) is 1. The molecule has 10 heteroatoms. The van der Waals surface area contributed by atoms with E-state index in [9.17, 15) is 18.0 Å². The summed E-state index contributed by atoms with van der Waals surface area (Å²) in [5.74, 6) is -1.94. The van der Waals surface area contributed by atoms with Crippen LogP contribution in [0, 0.1) is 0 Å². The number of carbonyl (C=O) groups is 2. The van der Waals surface area contributed by atoms with Crippen molar-refractivity contribution in [2.24, 2.45) is 7.05 Å². The van der Waals surface area contributed by atoms with E-state index in [-0.39, 0.29) is 4.90 Å². The molecule has 1 aromatic heterocycles. The Morgan fingerprint density at radius 1 is 1.35 bits per heavy atom. The number of hydrogen-bond acceptors (Lipinski definition) is 5. The quantitative estimate of drug-likeness (QED) is 0.597. The molecule has 1 heterocycles. The van der Waals surface area contributed by atoms with Crippen molar-refractivity contribution in [3.05, 3.63) is 12.4 Å². The van der Waals surface area contributed by atoms with E-state index in [0.717, 1.165) is 6.20 Å². The number of nitrogens with one attached hydrogen (secondary N) is 2. The molecule has 1 aromatic rings. The summed E-state index contributed by atoms with van der Waals surface area (Å²) in [6.07, 6.45) is 2.43. The molecule has 3 N–H and O–H groups in total. The monoisotopic (exact) mass is 304 g/mol. The van der Waals surface area contributed by atoms with Gasteiger partial charge in [-0.3, -0.25) is 14.3 Å². The zero-order valence-electron chi connectivity index (χ0n) is 11.2. The fraction of sp³-hybridized carbons (Fsp3) is 0.500. The smallest absolute Gasteiger partial charge is 0.325 e. The molecule has 20 heavy (non-hydrogen) atoms. The molecule has 0 saturated carbocycles. The molecule has 112 valence electrons. The van der Waals surface area contributed by atoms with Crippen molar-refractivity contribution in [3.8, 4) is 0 Å². The number of carboxylic acids is 1. The zero-order valence-corrected chi connectivity index (χ0v) is 12.0. The molecule has 0 saturated heterocycles. The van der Waals surface area contributed by atoms with Crippen molar-refractivity contribution in [3.63, 3.8) is 0 Å². The Hall–Kier alpha value is -1.94. The molecule has 1 unspecified atom stereocenters. The van der Waals surface area contributed by atoms with Crippen molar-refractivity contribution in [2.45, 2.75) is 30.8 Å². The summed E-state index contributed by atoms with van der Waals surface area (Å²) in [5, 5.41) is 14.6. The van der Waals surface area contributed by atoms with Gasteiger partial charge in [0.2, 0.25) is 15.9 Å². The molecule has 0 radical (unpaired) electrons. The second-order valence-electron chi connectivity index (χ2n) is 4.26. The van der Waals surface area contributed by atoms with Gasteiger partial charge in [0, 0.05) is 13.2 Å². The number of nitrogens with zero attached hydrogens (tertiary/aromatic N) is 2. The van der Waals surface area contributed by atoms with Gasteiger partial charge in [-0.25, -0.2) is 8.42 Å². The van der Waals surface area contributed by atoms with Gasteiger partial charge in [0.15, 0.2) is 0 Å². The van der Waals surface area contributed by atoms with Gasteiger partial charge in [-0.15, -0.1) is 0 Å². The van der Waals surface area contributed by atoms with Gasteiger partial charge in [0.25, 0.3) is 0 Å². The van der Waals surface area contributed by atoms with Crippen molar-refractivity contribution in [1.29, 1.82) is 0 Å².